The Morgan fingerprint density at radius 1 is 1.22 bits per heavy atom. The molecule has 1 saturated carbocycles. The molecule has 0 radical (unpaired) electrons. The van der Waals surface area contributed by atoms with E-state index in [2.05, 4.69) is 20.0 Å². The van der Waals surface area contributed by atoms with Crippen LogP contribution in [0, 0.1) is 6.92 Å². The van der Waals surface area contributed by atoms with Gasteiger partial charge >= 0.3 is 0 Å². The maximum atomic E-state index is 12.3. The minimum absolute atomic E-state index is 0.0996. The van der Waals surface area contributed by atoms with E-state index in [1.54, 1.807) is 10.9 Å². The molecule has 1 aliphatic carbocycles. The van der Waals surface area contributed by atoms with Crippen molar-refractivity contribution in [2.24, 2.45) is 12.8 Å². The van der Waals surface area contributed by atoms with Gasteiger partial charge in [0.1, 0.15) is 11.6 Å². The molecule has 0 bridgehead atoms. The van der Waals surface area contributed by atoms with Gasteiger partial charge in [0.05, 0.1) is 17.1 Å². The quantitative estimate of drug-likeness (QED) is 0.826. The lowest BCUT2D eigenvalue weighted by Gasteiger charge is -2.36. The predicted molar refractivity (Wildman–Crippen MR) is 86.0 cm³/mol. The lowest BCUT2D eigenvalue weighted by Crippen LogP contribution is -2.54. The molecular weight excluding hydrogens is 294 g/mol. The molecule has 0 atom stereocenters. The van der Waals surface area contributed by atoms with Crippen molar-refractivity contribution in [3.05, 3.63) is 12.0 Å². The van der Waals surface area contributed by atoms with E-state index in [9.17, 15) is 4.79 Å². The number of hydrogen-bond donors (Lipinski definition) is 1. The van der Waals surface area contributed by atoms with Gasteiger partial charge in [-0.15, -0.1) is 0 Å². The summed E-state index contributed by atoms with van der Waals surface area (Å²) in [6.45, 7) is 4.76. The molecule has 2 aliphatic rings. The van der Waals surface area contributed by atoms with Crippen molar-refractivity contribution >= 4 is 22.8 Å². The molecule has 2 aromatic rings. The van der Waals surface area contributed by atoms with Crippen LogP contribution in [0.15, 0.2) is 6.20 Å². The Morgan fingerprint density at radius 3 is 2.57 bits per heavy atom. The average molecular weight is 315 g/mol. The van der Waals surface area contributed by atoms with Crippen molar-refractivity contribution < 1.29 is 4.79 Å². The number of anilines is 1. The number of carbonyl (C=O) groups is 1. The molecule has 3 heterocycles. The molecule has 122 valence electrons. The molecule has 0 unspecified atom stereocenters. The van der Waals surface area contributed by atoms with Gasteiger partial charge in [0, 0.05) is 33.2 Å². The maximum absolute atomic E-state index is 12.3. The van der Waals surface area contributed by atoms with Crippen molar-refractivity contribution in [3.63, 3.8) is 0 Å². The third kappa shape index (κ3) is 2.33. The zero-order valence-corrected chi connectivity index (χ0v) is 13.5. The Morgan fingerprint density at radius 2 is 1.91 bits per heavy atom. The summed E-state index contributed by atoms with van der Waals surface area (Å²) in [4.78, 5) is 25.5. The Kier molecular flexibility index (Phi) is 3.06. The van der Waals surface area contributed by atoms with Gasteiger partial charge in [0.15, 0.2) is 5.65 Å². The van der Waals surface area contributed by atoms with Crippen LogP contribution in [-0.4, -0.2) is 62.3 Å². The Bertz CT molecular complexity index is 771. The summed E-state index contributed by atoms with van der Waals surface area (Å²) in [6.07, 6.45) is 3.43. The third-order valence-electron chi connectivity index (χ3n) is 4.76. The van der Waals surface area contributed by atoms with E-state index < -0.39 is 5.54 Å². The summed E-state index contributed by atoms with van der Waals surface area (Å²) in [7, 11) is 1.88. The molecule has 1 saturated heterocycles. The van der Waals surface area contributed by atoms with E-state index in [0.29, 0.717) is 13.1 Å². The number of nitrogens with zero attached hydrogens (tertiary/aromatic N) is 6. The van der Waals surface area contributed by atoms with Crippen LogP contribution >= 0.6 is 0 Å². The highest BCUT2D eigenvalue weighted by Gasteiger charge is 2.48. The zero-order chi connectivity index (χ0) is 16.2. The fourth-order valence-corrected chi connectivity index (χ4v) is 3.14. The van der Waals surface area contributed by atoms with Crippen LogP contribution in [0.4, 0.5) is 5.82 Å². The topological polar surface area (TPSA) is 93.2 Å². The van der Waals surface area contributed by atoms with E-state index >= 15 is 0 Å². The van der Waals surface area contributed by atoms with Gasteiger partial charge in [-0.3, -0.25) is 9.48 Å². The molecule has 1 amide bonds. The Labute approximate surface area is 134 Å². The standard InChI is InChI=1S/C15H21N7O/c1-10-18-12-11(9-17-20(12)2)13(19-10)21-5-7-22(8-6-21)14(23)15(16)3-4-15/h9H,3-8,16H2,1-2H3. The molecule has 23 heavy (non-hydrogen) atoms. The number of aromatic nitrogens is 4. The van der Waals surface area contributed by atoms with E-state index in [4.69, 9.17) is 5.73 Å². The molecule has 2 aromatic heterocycles. The SMILES string of the molecule is Cc1nc(N2CCN(C(=O)C3(N)CC3)CC2)c2cnn(C)c2n1. The van der Waals surface area contributed by atoms with Crippen LogP contribution < -0.4 is 10.6 Å². The highest BCUT2D eigenvalue weighted by Crippen LogP contribution is 2.34. The number of hydrogen-bond acceptors (Lipinski definition) is 6. The molecule has 2 N–H and O–H groups in total. The van der Waals surface area contributed by atoms with E-state index in [0.717, 1.165) is 48.6 Å². The van der Waals surface area contributed by atoms with Gasteiger partial charge < -0.3 is 15.5 Å². The lowest BCUT2D eigenvalue weighted by atomic mass is 10.2. The molecular formula is C15H21N7O. The first kappa shape index (κ1) is 14.4. The first-order valence-electron chi connectivity index (χ1n) is 7.97. The summed E-state index contributed by atoms with van der Waals surface area (Å²) in [5, 5.41) is 5.24. The summed E-state index contributed by atoms with van der Waals surface area (Å²) in [5.41, 5.74) is 6.29. The van der Waals surface area contributed by atoms with Crippen LogP contribution in [-0.2, 0) is 11.8 Å². The minimum Gasteiger partial charge on any atom is -0.352 e. The monoisotopic (exact) mass is 315 g/mol. The van der Waals surface area contributed by atoms with Crippen molar-refractivity contribution in [2.45, 2.75) is 25.3 Å². The van der Waals surface area contributed by atoms with E-state index in [1.165, 1.54) is 0 Å². The van der Waals surface area contributed by atoms with Crippen molar-refractivity contribution in [3.8, 4) is 0 Å². The largest absolute Gasteiger partial charge is 0.352 e. The smallest absolute Gasteiger partial charge is 0.242 e. The molecule has 8 heteroatoms. The predicted octanol–water partition coefficient (Wildman–Crippen LogP) is -0.188. The van der Waals surface area contributed by atoms with Crippen LogP contribution in [0.25, 0.3) is 11.0 Å². The maximum Gasteiger partial charge on any atom is 0.242 e. The molecule has 0 spiro atoms. The van der Waals surface area contributed by atoms with E-state index in [1.807, 2.05) is 18.9 Å². The Balaban J connectivity index is 1.56. The number of piperazine rings is 1. The van der Waals surface area contributed by atoms with Crippen LogP contribution in [0.3, 0.4) is 0 Å². The summed E-state index contributed by atoms with van der Waals surface area (Å²) >= 11 is 0. The van der Waals surface area contributed by atoms with Gasteiger partial charge in [0.2, 0.25) is 5.91 Å². The van der Waals surface area contributed by atoms with Crippen LogP contribution in [0.2, 0.25) is 0 Å². The molecule has 2 fully saturated rings. The number of amides is 1. The van der Waals surface area contributed by atoms with Crippen molar-refractivity contribution in [1.29, 1.82) is 0 Å². The average Bonchev–Trinajstić information content (AvgIpc) is 3.20. The van der Waals surface area contributed by atoms with Gasteiger partial charge in [-0.05, 0) is 19.8 Å². The van der Waals surface area contributed by atoms with Gasteiger partial charge in [0.25, 0.3) is 0 Å². The summed E-state index contributed by atoms with van der Waals surface area (Å²) in [6, 6.07) is 0. The Hall–Kier alpha value is -2.22. The number of nitrogens with two attached hydrogens (primary N) is 1. The second-order valence-corrected chi connectivity index (χ2v) is 6.54. The first-order valence-corrected chi connectivity index (χ1v) is 7.97. The fraction of sp³-hybridized carbons (Fsp3) is 0.600. The minimum atomic E-state index is -0.579. The zero-order valence-electron chi connectivity index (χ0n) is 13.5. The van der Waals surface area contributed by atoms with E-state index in [-0.39, 0.29) is 5.91 Å². The van der Waals surface area contributed by atoms with Crippen LogP contribution in [0.5, 0.6) is 0 Å². The van der Waals surface area contributed by atoms with Crippen molar-refractivity contribution in [1.82, 2.24) is 24.6 Å². The summed E-state index contributed by atoms with van der Waals surface area (Å²) in [5.74, 6) is 1.73. The third-order valence-corrected chi connectivity index (χ3v) is 4.76. The van der Waals surface area contributed by atoms with Crippen molar-refractivity contribution in [2.75, 3.05) is 31.1 Å². The lowest BCUT2D eigenvalue weighted by molar-refractivity contribution is -0.133. The highest BCUT2D eigenvalue weighted by atomic mass is 16.2. The molecule has 4 rings (SSSR count). The second kappa shape index (κ2) is 4.89. The number of carbonyl (C=O) groups excluding carboxylic acids is 1. The normalized spacial score (nSPS) is 20.1. The van der Waals surface area contributed by atoms with Crippen LogP contribution in [0.1, 0.15) is 18.7 Å². The van der Waals surface area contributed by atoms with Gasteiger partial charge in [-0.25, -0.2) is 9.97 Å². The molecule has 8 nitrogen and oxygen atoms in total. The fourth-order valence-electron chi connectivity index (χ4n) is 3.14. The van der Waals surface area contributed by atoms with Gasteiger partial charge in [-0.1, -0.05) is 0 Å². The second-order valence-electron chi connectivity index (χ2n) is 6.54. The number of fused-ring (bicyclic) bond motifs is 1. The highest BCUT2D eigenvalue weighted by molar-refractivity contribution is 5.90. The number of rotatable bonds is 2. The first-order chi connectivity index (χ1) is 11.0. The molecule has 0 aromatic carbocycles. The number of aryl methyl sites for hydroxylation is 2. The summed E-state index contributed by atoms with van der Waals surface area (Å²) < 4.78 is 1.76. The van der Waals surface area contributed by atoms with Gasteiger partial charge in [-0.2, -0.15) is 5.10 Å². The molecule has 1 aliphatic heterocycles.